The molecule has 8 heteroatoms. The van der Waals surface area contributed by atoms with Gasteiger partial charge in [0.1, 0.15) is 11.5 Å². The number of aryl methyl sites for hydroxylation is 2. The Bertz CT molecular complexity index is 2210. The van der Waals surface area contributed by atoms with Crippen LogP contribution in [-0.4, -0.2) is 50.8 Å². The normalized spacial score (nSPS) is 11.4. The average molecular weight is 1060 g/mol. The van der Waals surface area contributed by atoms with Crippen LogP contribution in [0.15, 0.2) is 131 Å². The van der Waals surface area contributed by atoms with E-state index in [0.717, 1.165) is 98.2 Å². The van der Waals surface area contributed by atoms with Gasteiger partial charge in [-0.1, -0.05) is 166 Å². The summed E-state index contributed by atoms with van der Waals surface area (Å²) < 4.78 is 23.1. The van der Waals surface area contributed by atoms with Crippen LogP contribution < -0.4 is 9.47 Å². The first-order chi connectivity index (χ1) is 38.5. The zero-order chi connectivity index (χ0) is 54.8. The van der Waals surface area contributed by atoms with Gasteiger partial charge in [-0.3, -0.25) is 9.98 Å². The molecule has 0 aliphatic heterocycles. The lowest BCUT2D eigenvalue weighted by atomic mass is 10.0. The molecule has 0 radical (unpaired) electrons. The molecule has 0 saturated carbocycles. The number of aliphatic imine (C=N–C) groups is 2. The Balaban J connectivity index is 0.836. The molecule has 422 valence electrons. The van der Waals surface area contributed by atoms with Gasteiger partial charge in [-0.25, -0.2) is 9.59 Å². The largest absolute Gasteiger partial charge is 0.494 e. The van der Waals surface area contributed by atoms with Gasteiger partial charge in [0, 0.05) is 12.4 Å². The predicted octanol–water partition coefficient (Wildman–Crippen LogP) is 19.7. The van der Waals surface area contributed by atoms with Crippen molar-refractivity contribution >= 4 is 35.7 Å². The van der Waals surface area contributed by atoms with Crippen molar-refractivity contribution in [2.45, 2.75) is 206 Å². The van der Waals surface area contributed by atoms with E-state index in [1.165, 1.54) is 140 Å². The lowest BCUT2D eigenvalue weighted by Gasteiger charge is -2.10. The zero-order valence-corrected chi connectivity index (χ0v) is 48.1. The number of carbonyl (C=O) groups excluding carboxylic acids is 2. The molecule has 0 saturated heterocycles. The van der Waals surface area contributed by atoms with Crippen molar-refractivity contribution in [3.05, 3.63) is 155 Å². The summed E-state index contributed by atoms with van der Waals surface area (Å²) in [6, 6.07) is 40.0. The number of nitrogens with zero attached hydrogens (tertiary/aromatic N) is 2. The fourth-order valence-corrected chi connectivity index (χ4v) is 9.55. The Labute approximate surface area is 471 Å². The second kappa shape index (κ2) is 41.1. The summed E-state index contributed by atoms with van der Waals surface area (Å²) >= 11 is 0. The van der Waals surface area contributed by atoms with Crippen LogP contribution in [0.5, 0.6) is 11.5 Å². The minimum atomic E-state index is -0.509. The molecule has 5 aromatic carbocycles. The molecule has 0 amide bonds. The number of rotatable bonds is 44. The van der Waals surface area contributed by atoms with E-state index in [-0.39, 0.29) is 24.3 Å². The van der Waals surface area contributed by atoms with Crippen LogP contribution in [0.25, 0.3) is 0 Å². The van der Waals surface area contributed by atoms with E-state index in [1.807, 2.05) is 61.0 Å². The van der Waals surface area contributed by atoms with Crippen LogP contribution in [0.1, 0.15) is 237 Å². The van der Waals surface area contributed by atoms with Crippen molar-refractivity contribution in [3.8, 4) is 11.5 Å². The van der Waals surface area contributed by atoms with E-state index in [0.29, 0.717) is 13.2 Å². The summed E-state index contributed by atoms with van der Waals surface area (Å²) in [7, 11) is 0. The standard InChI is InChI=1S/C70H96N2O6/c1-3-5-7-9-11-13-15-17-19-25-33-59-37-45-63(46-38-59)71-57-61-41-49-65(50-42-61)75-53-29-21-23-31-55-77-69(73)67-35-27-28-36-68(67)70(74)78-56-32-24-22-30-54-76-66-51-43-62(44-52-66)58-72-64-47-39-60(40-48-64)34-26-20-18-16-14-12-10-8-6-4-2/h27-28,35-52,57-58H,3-26,29-34,53-56H2,1-2H3. The third-order valence-corrected chi connectivity index (χ3v) is 14.4. The molecular weight excluding hydrogens is 965 g/mol. The maximum Gasteiger partial charge on any atom is 0.339 e. The number of carbonyl (C=O) groups is 2. The Hall–Kier alpha value is -6.02. The second-order valence-electron chi connectivity index (χ2n) is 21.2. The highest BCUT2D eigenvalue weighted by molar-refractivity contribution is 6.03. The number of esters is 2. The van der Waals surface area contributed by atoms with Gasteiger partial charge in [-0.05, 0) is 184 Å². The molecule has 0 heterocycles. The summed E-state index contributed by atoms with van der Waals surface area (Å²) in [6.45, 7) is 6.36. The number of benzene rings is 5. The lowest BCUT2D eigenvalue weighted by Crippen LogP contribution is -2.15. The first-order valence-electron chi connectivity index (χ1n) is 30.7. The molecule has 0 N–H and O–H groups in total. The predicted molar refractivity (Wildman–Crippen MR) is 326 cm³/mol. The van der Waals surface area contributed by atoms with Crippen LogP contribution in [0.4, 0.5) is 11.4 Å². The molecule has 5 aromatic rings. The average Bonchev–Trinajstić information content (AvgIpc) is 3.48. The van der Waals surface area contributed by atoms with E-state index in [9.17, 15) is 9.59 Å². The van der Waals surface area contributed by atoms with Gasteiger partial charge in [0.25, 0.3) is 0 Å². The minimum absolute atomic E-state index is 0.230. The van der Waals surface area contributed by atoms with Crippen molar-refractivity contribution in [2.24, 2.45) is 9.98 Å². The van der Waals surface area contributed by atoms with Gasteiger partial charge in [-0.15, -0.1) is 0 Å². The minimum Gasteiger partial charge on any atom is -0.494 e. The Morgan fingerprint density at radius 3 is 1.00 bits per heavy atom. The molecule has 78 heavy (non-hydrogen) atoms. The first kappa shape index (κ1) is 62.8. The van der Waals surface area contributed by atoms with Gasteiger partial charge in [0.05, 0.1) is 48.9 Å². The molecule has 0 fully saturated rings. The fraction of sp³-hybridized carbons (Fsp3) is 0.514. The third-order valence-electron chi connectivity index (χ3n) is 14.4. The Morgan fingerprint density at radius 2 is 0.654 bits per heavy atom. The number of ether oxygens (including phenoxy) is 4. The van der Waals surface area contributed by atoms with Gasteiger partial charge in [-0.2, -0.15) is 0 Å². The van der Waals surface area contributed by atoms with Crippen LogP contribution >= 0.6 is 0 Å². The molecular formula is C70H96N2O6. The van der Waals surface area contributed by atoms with Crippen molar-refractivity contribution in [1.82, 2.24) is 0 Å². The van der Waals surface area contributed by atoms with Gasteiger partial charge in [0.2, 0.25) is 0 Å². The highest BCUT2D eigenvalue weighted by Gasteiger charge is 2.19. The van der Waals surface area contributed by atoms with E-state index in [2.05, 4.69) is 72.4 Å². The van der Waals surface area contributed by atoms with Crippen molar-refractivity contribution in [1.29, 1.82) is 0 Å². The molecule has 0 bridgehead atoms. The SMILES string of the molecule is CCCCCCCCCCCCc1ccc(N=Cc2ccc(OCCCCCCOC(=O)c3ccccc3C(=O)OCCCCCCOc3ccc(C=Nc4ccc(CCCCCCCCCCCC)cc4)cc3)cc2)cc1. The van der Waals surface area contributed by atoms with Crippen molar-refractivity contribution < 1.29 is 28.5 Å². The molecule has 0 spiro atoms. The number of hydrogen-bond acceptors (Lipinski definition) is 8. The summed E-state index contributed by atoms with van der Waals surface area (Å²) in [4.78, 5) is 35.3. The van der Waals surface area contributed by atoms with Gasteiger partial charge < -0.3 is 18.9 Å². The fourth-order valence-electron chi connectivity index (χ4n) is 9.55. The van der Waals surface area contributed by atoms with Crippen molar-refractivity contribution in [2.75, 3.05) is 26.4 Å². The third kappa shape index (κ3) is 28.0. The number of hydrogen-bond donors (Lipinski definition) is 0. The van der Waals surface area contributed by atoms with Gasteiger partial charge >= 0.3 is 11.9 Å². The first-order valence-corrected chi connectivity index (χ1v) is 30.7. The highest BCUT2D eigenvalue weighted by Crippen LogP contribution is 2.21. The molecule has 0 unspecified atom stereocenters. The quantitative estimate of drug-likeness (QED) is 0.0219. The molecule has 8 nitrogen and oxygen atoms in total. The smallest absolute Gasteiger partial charge is 0.339 e. The maximum absolute atomic E-state index is 13.0. The van der Waals surface area contributed by atoms with Crippen LogP contribution in [0.2, 0.25) is 0 Å². The highest BCUT2D eigenvalue weighted by atomic mass is 16.5. The van der Waals surface area contributed by atoms with Crippen molar-refractivity contribution in [3.63, 3.8) is 0 Å². The summed E-state index contributed by atoms with van der Waals surface area (Å²) in [5.41, 5.74) is 7.22. The molecule has 0 aliphatic carbocycles. The van der Waals surface area contributed by atoms with E-state index in [1.54, 1.807) is 24.3 Å². The molecule has 0 aliphatic rings. The maximum atomic E-state index is 13.0. The van der Waals surface area contributed by atoms with Gasteiger partial charge in [0.15, 0.2) is 0 Å². The monoisotopic (exact) mass is 1060 g/mol. The lowest BCUT2D eigenvalue weighted by molar-refractivity contribution is 0.0450. The topological polar surface area (TPSA) is 95.8 Å². The summed E-state index contributed by atoms with van der Waals surface area (Å²) in [6.07, 6.45) is 40.3. The second-order valence-corrected chi connectivity index (χ2v) is 21.2. The van der Waals surface area contributed by atoms with Crippen LogP contribution in [0, 0.1) is 0 Å². The van der Waals surface area contributed by atoms with E-state index >= 15 is 0 Å². The molecule has 0 aromatic heterocycles. The Morgan fingerprint density at radius 1 is 0.346 bits per heavy atom. The Kier molecular flexibility index (Phi) is 33.1. The van der Waals surface area contributed by atoms with E-state index in [4.69, 9.17) is 18.9 Å². The number of unbranched alkanes of at least 4 members (excludes halogenated alkanes) is 24. The van der Waals surface area contributed by atoms with Crippen LogP contribution in [0.3, 0.4) is 0 Å². The summed E-state index contributed by atoms with van der Waals surface area (Å²) in [5, 5.41) is 0. The molecule has 5 rings (SSSR count). The van der Waals surface area contributed by atoms with E-state index < -0.39 is 11.9 Å². The molecule has 0 atom stereocenters. The zero-order valence-electron chi connectivity index (χ0n) is 48.1. The summed E-state index contributed by atoms with van der Waals surface area (Å²) in [5.74, 6) is 0.652. The van der Waals surface area contributed by atoms with Crippen LogP contribution in [-0.2, 0) is 22.3 Å².